The molecule has 1 aliphatic heterocycles. The standard InChI is InChI=1S/C71H56N4O/c1-48-41-69(72-46-64(48)51-23-12-7-13-24-51)75-65-40-35-54(50-21-10-6-11-22-50)43-63(65)62-39-38-59(45-68(62)75)76-58-28-17-27-57(44-58)73-47-74(67-32-15-14-31-66(67)73)70-60(52-33-36-56(37-34-52)71(2,3)4)29-18-30-61(70)55-26-16-25-53(42-55)49-19-8-5-9-20-49/h5-46H,47H2,1-4H3/i1D3. The molecule has 2 aromatic heterocycles. The van der Waals surface area contributed by atoms with Gasteiger partial charge >= 0.3 is 0 Å². The number of hydrogen-bond donors (Lipinski definition) is 0. The molecule has 0 amide bonds. The van der Waals surface area contributed by atoms with E-state index in [1.54, 1.807) is 12.3 Å². The van der Waals surface area contributed by atoms with Gasteiger partial charge in [0.1, 0.15) is 24.0 Å². The van der Waals surface area contributed by atoms with Crippen molar-refractivity contribution in [2.24, 2.45) is 0 Å². The van der Waals surface area contributed by atoms with Crippen LogP contribution in [-0.2, 0) is 5.41 Å². The minimum Gasteiger partial charge on any atom is -0.457 e. The number of aromatic nitrogens is 2. The van der Waals surface area contributed by atoms with Crippen molar-refractivity contribution in [2.75, 3.05) is 16.5 Å². The zero-order chi connectivity index (χ0) is 53.8. The van der Waals surface area contributed by atoms with Gasteiger partial charge in [-0.05, 0) is 123 Å². The number of para-hydroxylation sites is 3. The van der Waals surface area contributed by atoms with Crippen LogP contribution in [0.3, 0.4) is 0 Å². The molecule has 3 heterocycles. The monoisotopic (exact) mass is 983 g/mol. The van der Waals surface area contributed by atoms with Gasteiger partial charge < -0.3 is 14.5 Å². The lowest BCUT2D eigenvalue weighted by atomic mass is 9.85. The predicted molar refractivity (Wildman–Crippen MR) is 318 cm³/mol. The lowest BCUT2D eigenvalue weighted by Crippen LogP contribution is -2.25. The van der Waals surface area contributed by atoms with Crippen LogP contribution < -0.4 is 14.5 Å². The first-order valence-corrected chi connectivity index (χ1v) is 25.9. The summed E-state index contributed by atoms with van der Waals surface area (Å²) in [5.41, 5.74) is 18.1. The van der Waals surface area contributed by atoms with Crippen LogP contribution in [0.25, 0.3) is 83.3 Å². The number of hydrogen-bond acceptors (Lipinski definition) is 4. The van der Waals surface area contributed by atoms with E-state index in [1.807, 2.05) is 66.7 Å². The molecule has 0 N–H and O–H groups in total. The van der Waals surface area contributed by atoms with E-state index in [9.17, 15) is 0 Å². The van der Waals surface area contributed by atoms with Crippen LogP contribution in [0.1, 0.15) is 36.0 Å². The maximum atomic E-state index is 8.69. The second-order valence-corrected chi connectivity index (χ2v) is 20.6. The number of benzene rings is 10. The molecule has 0 fully saturated rings. The first-order valence-electron chi connectivity index (χ1n) is 27.4. The average Bonchev–Trinajstić information content (AvgIpc) is 4.18. The van der Waals surface area contributed by atoms with Crippen LogP contribution in [0.5, 0.6) is 11.5 Å². The molecule has 5 heteroatoms. The summed E-state index contributed by atoms with van der Waals surface area (Å²) in [6.07, 6.45) is 1.69. The van der Waals surface area contributed by atoms with Crippen LogP contribution in [0, 0.1) is 6.85 Å². The highest BCUT2D eigenvalue weighted by Gasteiger charge is 2.32. The van der Waals surface area contributed by atoms with E-state index in [-0.39, 0.29) is 11.0 Å². The van der Waals surface area contributed by atoms with E-state index in [1.165, 1.54) is 16.7 Å². The van der Waals surface area contributed by atoms with Crippen molar-refractivity contribution >= 4 is 44.6 Å². The molecule has 5 nitrogen and oxygen atoms in total. The normalized spacial score (nSPS) is 13.1. The molecule has 0 bridgehead atoms. The van der Waals surface area contributed by atoms with Crippen LogP contribution >= 0.6 is 0 Å². The smallest absolute Gasteiger partial charge is 0.137 e. The molecule has 0 saturated heterocycles. The zero-order valence-corrected chi connectivity index (χ0v) is 42.7. The zero-order valence-electron chi connectivity index (χ0n) is 45.7. The highest BCUT2D eigenvalue weighted by Crippen LogP contribution is 2.51. The molecular weight excluding hydrogens is 925 g/mol. The Kier molecular flexibility index (Phi) is 10.8. The van der Waals surface area contributed by atoms with Gasteiger partial charge in [-0.3, -0.25) is 4.57 Å². The number of anilines is 4. The third-order valence-electron chi connectivity index (χ3n) is 14.8. The highest BCUT2D eigenvalue weighted by atomic mass is 16.5. The van der Waals surface area contributed by atoms with Crippen LogP contribution in [-0.4, -0.2) is 16.2 Å². The topological polar surface area (TPSA) is 33.5 Å². The van der Waals surface area contributed by atoms with Crippen molar-refractivity contribution < 1.29 is 8.85 Å². The van der Waals surface area contributed by atoms with E-state index in [0.29, 0.717) is 29.5 Å². The summed E-state index contributed by atoms with van der Waals surface area (Å²) in [6.45, 7) is 4.93. The summed E-state index contributed by atoms with van der Waals surface area (Å²) in [7, 11) is 0. The number of pyridine rings is 1. The maximum Gasteiger partial charge on any atom is 0.137 e. The molecule has 76 heavy (non-hydrogen) atoms. The molecule has 0 atom stereocenters. The summed E-state index contributed by atoms with van der Waals surface area (Å²) >= 11 is 0. The van der Waals surface area contributed by atoms with Gasteiger partial charge in [-0.2, -0.15) is 0 Å². The molecule has 13 rings (SSSR count). The van der Waals surface area contributed by atoms with Crippen molar-refractivity contribution in [3.05, 3.63) is 266 Å². The number of aryl methyl sites for hydroxylation is 1. The number of ether oxygens (including phenoxy) is 1. The molecule has 366 valence electrons. The predicted octanol–water partition coefficient (Wildman–Crippen LogP) is 19.2. The van der Waals surface area contributed by atoms with E-state index in [4.69, 9.17) is 13.8 Å². The summed E-state index contributed by atoms with van der Waals surface area (Å²) < 4.78 is 35.0. The highest BCUT2D eigenvalue weighted by molar-refractivity contribution is 6.11. The average molecular weight is 984 g/mol. The van der Waals surface area contributed by atoms with Crippen molar-refractivity contribution in [2.45, 2.75) is 33.0 Å². The van der Waals surface area contributed by atoms with Gasteiger partial charge in [0.15, 0.2) is 0 Å². The first kappa shape index (κ1) is 43.0. The molecule has 0 spiro atoms. The Morgan fingerprint density at radius 3 is 1.72 bits per heavy atom. The SMILES string of the molecule is [2H]C([2H])([2H])c1cc(-n2c3ccc(-c4ccccc4)cc3c3ccc(Oc4cccc(N5CN(c6c(-c7ccc(C(C)(C)C)cc7)cccc6-c6cccc(-c7ccccc7)c6)c6ccccc65)c4)cc32)ncc1-c1ccccc1. The number of nitrogens with zero attached hydrogens (tertiary/aromatic N) is 4. The maximum absolute atomic E-state index is 8.69. The Labute approximate surface area is 449 Å². The molecule has 0 aliphatic carbocycles. The fraction of sp³-hybridized carbons (Fsp3) is 0.0845. The lowest BCUT2D eigenvalue weighted by molar-refractivity contribution is 0.483. The summed E-state index contributed by atoms with van der Waals surface area (Å²) in [5.74, 6) is 1.81. The molecule has 0 saturated carbocycles. The van der Waals surface area contributed by atoms with Crippen molar-refractivity contribution in [1.82, 2.24) is 9.55 Å². The van der Waals surface area contributed by atoms with Crippen LogP contribution in [0.15, 0.2) is 255 Å². The fourth-order valence-corrected chi connectivity index (χ4v) is 11.0. The Hall–Kier alpha value is -9.45. The van der Waals surface area contributed by atoms with Crippen LogP contribution in [0.2, 0.25) is 0 Å². The molecule has 12 aromatic rings. The molecule has 0 unspecified atom stereocenters. The molecule has 0 radical (unpaired) electrons. The van der Waals surface area contributed by atoms with Gasteiger partial charge in [-0.15, -0.1) is 0 Å². The number of rotatable bonds is 10. The van der Waals surface area contributed by atoms with Gasteiger partial charge in [0.2, 0.25) is 0 Å². The van der Waals surface area contributed by atoms with Crippen LogP contribution in [0.4, 0.5) is 22.7 Å². The first-order chi connectivity index (χ1) is 38.4. The van der Waals surface area contributed by atoms with Gasteiger partial charge in [-0.25, -0.2) is 4.98 Å². The largest absolute Gasteiger partial charge is 0.457 e. The summed E-state index contributed by atoms with van der Waals surface area (Å²) in [6, 6.07) is 86.5. The van der Waals surface area contributed by atoms with Gasteiger partial charge in [0, 0.05) is 55.6 Å². The van der Waals surface area contributed by atoms with E-state index >= 15 is 0 Å². The number of fused-ring (bicyclic) bond motifs is 4. The Bertz CT molecular complexity index is 4220. The quantitative estimate of drug-likeness (QED) is 0.137. The third-order valence-corrected chi connectivity index (χ3v) is 14.8. The fourth-order valence-electron chi connectivity index (χ4n) is 11.0. The second kappa shape index (κ2) is 19.1. The minimum absolute atomic E-state index is 0.0222. The van der Waals surface area contributed by atoms with E-state index in [2.05, 4.69) is 211 Å². The van der Waals surface area contributed by atoms with E-state index < -0.39 is 6.85 Å². The Balaban J connectivity index is 0.896. The Morgan fingerprint density at radius 2 is 1.01 bits per heavy atom. The van der Waals surface area contributed by atoms with Crippen molar-refractivity contribution in [3.63, 3.8) is 0 Å². The molecular formula is C71H56N4O. The van der Waals surface area contributed by atoms with E-state index in [0.717, 1.165) is 83.5 Å². The Morgan fingerprint density at radius 1 is 0.434 bits per heavy atom. The molecule has 10 aromatic carbocycles. The summed E-state index contributed by atoms with van der Waals surface area (Å²) in [5, 5.41) is 2.01. The summed E-state index contributed by atoms with van der Waals surface area (Å²) in [4.78, 5) is 9.84. The van der Waals surface area contributed by atoms with Gasteiger partial charge in [0.25, 0.3) is 0 Å². The van der Waals surface area contributed by atoms with Gasteiger partial charge in [0.05, 0.1) is 28.1 Å². The van der Waals surface area contributed by atoms with Crippen molar-refractivity contribution in [3.8, 4) is 73.0 Å². The molecule has 1 aliphatic rings. The van der Waals surface area contributed by atoms with Crippen molar-refractivity contribution in [1.29, 1.82) is 0 Å². The second-order valence-electron chi connectivity index (χ2n) is 20.6. The minimum atomic E-state index is -2.40. The van der Waals surface area contributed by atoms with Gasteiger partial charge in [-0.1, -0.05) is 197 Å². The lowest BCUT2D eigenvalue weighted by Gasteiger charge is -2.28. The third kappa shape index (κ3) is 8.56.